The van der Waals surface area contributed by atoms with Crippen LogP contribution in [0.25, 0.3) is 0 Å². The largest absolute Gasteiger partial charge is 0.398 e. The van der Waals surface area contributed by atoms with Crippen LogP contribution in [0.1, 0.15) is 37.7 Å². The molecule has 1 saturated carbocycles. The fourth-order valence-electron chi connectivity index (χ4n) is 3.85. The molecule has 0 saturated heterocycles. The van der Waals surface area contributed by atoms with E-state index in [0.29, 0.717) is 6.04 Å². The van der Waals surface area contributed by atoms with Gasteiger partial charge in [0, 0.05) is 30.2 Å². The molecular weight excluding hydrogens is 284 g/mol. The van der Waals surface area contributed by atoms with Gasteiger partial charge in [0.1, 0.15) is 9.84 Å². The first-order valence-corrected chi connectivity index (χ1v) is 9.75. The van der Waals surface area contributed by atoms with Gasteiger partial charge in [-0.1, -0.05) is 12.5 Å². The molecule has 5 heteroatoms. The number of hydrogen-bond donors (Lipinski definition) is 1. The summed E-state index contributed by atoms with van der Waals surface area (Å²) in [5, 5.41) is -0.178. The molecule has 0 radical (unpaired) electrons. The Morgan fingerprint density at radius 3 is 2.81 bits per heavy atom. The van der Waals surface area contributed by atoms with Crippen molar-refractivity contribution in [3.8, 4) is 0 Å². The molecular formula is C16H24N2O2S. The smallest absolute Gasteiger partial charge is 0.150 e. The summed E-state index contributed by atoms with van der Waals surface area (Å²) < 4.78 is 23.8. The normalized spacial score (nSPS) is 26.4. The van der Waals surface area contributed by atoms with Gasteiger partial charge in [-0.15, -0.1) is 0 Å². The van der Waals surface area contributed by atoms with Crippen LogP contribution in [0, 0.1) is 0 Å². The highest BCUT2D eigenvalue weighted by molar-refractivity contribution is 7.91. The lowest BCUT2D eigenvalue weighted by Gasteiger charge is -2.41. The van der Waals surface area contributed by atoms with Crippen LogP contribution < -0.4 is 10.6 Å². The minimum absolute atomic E-state index is 0.178. The van der Waals surface area contributed by atoms with Gasteiger partial charge in [-0.2, -0.15) is 0 Å². The third kappa shape index (κ3) is 2.89. The Morgan fingerprint density at radius 2 is 2.05 bits per heavy atom. The molecule has 2 N–H and O–H groups in total. The van der Waals surface area contributed by atoms with Gasteiger partial charge >= 0.3 is 0 Å². The van der Waals surface area contributed by atoms with Crippen molar-refractivity contribution < 1.29 is 8.42 Å². The van der Waals surface area contributed by atoms with Gasteiger partial charge in [0.25, 0.3) is 0 Å². The third-order valence-electron chi connectivity index (χ3n) is 4.97. The molecule has 1 heterocycles. The summed E-state index contributed by atoms with van der Waals surface area (Å²) in [6, 6.07) is 6.43. The van der Waals surface area contributed by atoms with Crippen molar-refractivity contribution in [2.75, 3.05) is 23.4 Å². The second kappa shape index (κ2) is 5.52. The standard InChI is InChI=1S/C16H24N2O2S/c1-21(19,20)13-6-2-5-12(11-13)18-10-4-7-14-15(17)8-3-9-16(14)18/h3,8-9,12-13H,2,4-7,10-11,17H2,1H3. The van der Waals surface area contributed by atoms with E-state index in [1.54, 1.807) is 0 Å². The summed E-state index contributed by atoms with van der Waals surface area (Å²) >= 11 is 0. The highest BCUT2D eigenvalue weighted by Gasteiger charge is 2.33. The summed E-state index contributed by atoms with van der Waals surface area (Å²) in [6.45, 7) is 1.01. The van der Waals surface area contributed by atoms with Crippen molar-refractivity contribution in [3.63, 3.8) is 0 Å². The molecule has 1 fully saturated rings. The Kier molecular flexibility index (Phi) is 3.86. The van der Waals surface area contributed by atoms with Gasteiger partial charge < -0.3 is 10.6 Å². The van der Waals surface area contributed by atoms with Gasteiger partial charge in [0.15, 0.2) is 0 Å². The average molecular weight is 308 g/mol. The first-order chi connectivity index (χ1) is 9.97. The van der Waals surface area contributed by atoms with Crippen molar-refractivity contribution in [3.05, 3.63) is 23.8 Å². The number of nitrogens with two attached hydrogens (primary N) is 1. The van der Waals surface area contributed by atoms with E-state index in [1.165, 1.54) is 17.5 Å². The van der Waals surface area contributed by atoms with Crippen molar-refractivity contribution in [2.45, 2.75) is 49.8 Å². The minimum atomic E-state index is -2.93. The van der Waals surface area contributed by atoms with Crippen molar-refractivity contribution >= 4 is 21.2 Å². The van der Waals surface area contributed by atoms with Crippen LogP contribution in [0.4, 0.5) is 11.4 Å². The number of hydrogen-bond acceptors (Lipinski definition) is 4. The zero-order valence-corrected chi connectivity index (χ0v) is 13.4. The summed E-state index contributed by atoms with van der Waals surface area (Å²) in [5.74, 6) is 0. The van der Waals surface area contributed by atoms with E-state index in [4.69, 9.17) is 5.73 Å². The fraction of sp³-hybridized carbons (Fsp3) is 0.625. The molecule has 0 spiro atoms. The Morgan fingerprint density at radius 1 is 1.24 bits per heavy atom. The average Bonchev–Trinajstić information content (AvgIpc) is 2.46. The van der Waals surface area contributed by atoms with Crippen LogP contribution in [0.5, 0.6) is 0 Å². The number of fused-ring (bicyclic) bond motifs is 1. The highest BCUT2D eigenvalue weighted by Crippen LogP contribution is 2.37. The minimum Gasteiger partial charge on any atom is -0.398 e. The van der Waals surface area contributed by atoms with E-state index in [0.717, 1.165) is 50.8 Å². The lowest BCUT2D eigenvalue weighted by molar-refractivity contribution is 0.404. The van der Waals surface area contributed by atoms with Gasteiger partial charge in [-0.05, 0) is 49.8 Å². The van der Waals surface area contributed by atoms with Crippen LogP contribution in [-0.2, 0) is 16.3 Å². The van der Waals surface area contributed by atoms with E-state index < -0.39 is 9.84 Å². The van der Waals surface area contributed by atoms with Gasteiger partial charge in [-0.25, -0.2) is 8.42 Å². The van der Waals surface area contributed by atoms with Gasteiger partial charge in [0.05, 0.1) is 5.25 Å². The third-order valence-corrected chi connectivity index (χ3v) is 6.61. The van der Waals surface area contributed by atoms with E-state index in [1.807, 2.05) is 12.1 Å². The highest BCUT2D eigenvalue weighted by atomic mass is 32.2. The Labute approximate surface area is 127 Å². The van der Waals surface area contributed by atoms with Crippen LogP contribution >= 0.6 is 0 Å². The first kappa shape index (κ1) is 14.7. The van der Waals surface area contributed by atoms with E-state index in [-0.39, 0.29) is 5.25 Å². The number of nitrogens with zero attached hydrogens (tertiary/aromatic N) is 1. The van der Waals surface area contributed by atoms with Crippen molar-refractivity contribution in [1.82, 2.24) is 0 Å². The van der Waals surface area contributed by atoms with E-state index >= 15 is 0 Å². The zero-order valence-electron chi connectivity index (χ0n) is 12.6. The number of anilines is 2. The van der Waals surface area contributed by atoms with Crippen LogP contribution in [-0.4, -0.2) is 32.5 Å². The monoisotopic (exact) mass is 308 g/mol. The molecule has 21 heavy (non-hydrogen) atoms. The fourth-order valence-corrected chi connectivity index (χ4v) is 5.02. The Hall–Kier alpha value is -1.23. The summed E-state index contributed by atoms with van der Waals surface area (Å²) in [6.07, 6.45) is 7.15. The molecule has 1 aromatic carbocycles. The number of nitrogen functional groups attached to an aromatic ring is 1. The Balaban J connectivity index is 1.87. The molecule has 1 aromatic rings. The lowest BCUT2D eigenvalue weighted by Crippen LogP contribution is -2.44. The molecule has 0 amide bonds. The molecule has 2 aliphatic rings. The molecule has 2 unspecified atom stereocenters. The topological polar surface area (TPSA) is 63.4 Å². The second-order valence-corrected chi connectivity index (χ2v) is 8.74. The van der Waals surface area contributed by atoms with Crippen LogP contribution in [0.3, 0.4) is 0 Å². The van der Waals surface area contributed by atoms with E-state index in [9.17, 15) is 8.42 Å². The first-order valence-electron chi connectivity index (χ1n) is 7.79. The molecule has 0 bridgehead atoms. The number of benzene rings is 1. The number of sulfone groups is 1. The van der Waals surface area contributed by atoms with Crippen LogP contribution in [0.15, 0.2) is 18.2 Å². The second-order valence-electron chi connectivity index (χ2n) is 6.41. The Bertz CT molecular complexity index is 627. The SMILES string of the molecule is CS(=O)(=O)C1CCCC(N2CCCc3c(N)cccc32)C1. The maximum absolute atomic E-state index is 11.9. The molecule has 3 rings (SSSR count). The lowest BCUT2D eigenvalue weighted by atomic mass is 9.90. The van der Waals surface area contributed by atoms with Gasteiger partial charge in [-0.3, -0.25) is 0 Å². The molecule has 116 valence electrons. The predicted molar refractivity (Wildman–Crippen MR) is 87.4 cm³/mol. The molecule has 1 aliphatic heterocycles. The molecule has 4 nitrogen and oxygen atoms in total. The summed E-state index contributed by atoms with van der Waals surface area (Å²) in [4.78, 5) is 2.41. The van der Waals surface area contributed by atoms with Gasteiger partial charge in [0.2, 0.25) is 0 Å². The quantitative estimate of drug-likeness (QED) is 0.852. The summed E-state index contributed by atoms with van der Waals surface area (Å²) in [7, 11) is -2.93. The van der Waals surface area contributed by atoms with Crippen LogP contribution in [0.2, 0.25) is 0 Å². The van der Waals surface area contributed by atoms with E-state index in [2.05, 4.69) is 11.0 Å². The molecule has 0 aromatic heterocycles. The zero-order chi connectivity index (χ0) is 15.0. The maximum Gasteiger partial charge on any atom is 0.150 e. The number of rotatable bonds is 2. The maximum atomic E-state index is 11.9. The van der Waals surface area contributed by atoms with Crippen molar-refractivity contribution in [2.24, 2.45) is 0 Å². The predicted octanol–water partition coefficient (Wildman–Crippen LogP) is 2.38. The van der Waals surface area contributed by atoms with Crippen molar-refractivity contribution in [1.29, 1.82) is 0 Å². The summed E-state index contributed by atoms with van der Waals surface area (Å²) in [5.41, 5.74) is 9.44. The molecule has 1 aliphatic carbocycles. The molecule has 2 atom stereocenters.